The molecule has 2 fully saturated rings. The molecular formula is C28H32N2O5. The number of carboxylic acids is 1. The number of nitrogens with one attached hydrogen (secondary N) is 1. The van der Waals surface area contributed by atoms with Crippen LogP contribution in [0.4, 0.5) is 4.79 Å². The minimum absolute atomic E-state index is 0.00344. The Bertz CT molecular complexity index is 1100. The third-order valence-electron chi connectivity index (χ3n) is 8.13. The Morgan fingerprint density at radius 2 is 1.60 bits per heavy atom. The number of carboxylic acid groups (broad SMARTS) is 1. The van der Waals surface area contributed by atoms with E-state index in [0.29, 0.717) is 12.8 Å². The molecule has 0 unspecified atom stereocenters. The van der Waals surface area contributed by atoms with Gasteiger partial charge in [-0.25, -0.2) is 9.59 Å². The molecule has 2 saturated carbocycles. The first kappa shape index (κ1) is 23.4. The second-order valence-electron chi connectivity index (χ2n) is 10.1. The van der Waals surface area contributed by atoms with E-state index in [2.05, 4.69) is 29.6 Å². The molecule has 2 aromatic rings. The summed E-state index contributed by atoms with van der Waals surface area (Å²) in [4.78, 5) is 38.7. The van der Waals surface area contributed by atoms with Crippen LogP contribution in [0.15, 0.2) is 48.5 Å². The Morgan fingerprint density at radius 1 is 1.00 bits per heavy atom. The molecule has 5 rings (SSSR count). The van der Waals surface area contributed by atoms with Gasteiger partial charge in [0.25, 0.3) is 0 Å². The molecule has 0 aliphatic heterocycles. The van der Waals surface area contributed by atoms with Gasteiger partial charge in [0, 0.05) is 25.4 Å². The van der Waals surface area contributed by atoms with Gasteiger partial charge in [0.2, 0.25) is 5.91 Å². The van der Waals surface area contributed by atoms with Gasteiger partial charge in [-0.2, -0.15) is 0 Å². The highest BCUT2D eigenvalue weighted by Gasteiger charge is 2.55. The SMILES string of the molecule is CN(C(=O)C[C@@H]1CCCC[C@@H]1NC(=O)OCC1c2ccccc2-c2ccccc21)C1(C(=O)O)CC1. The number of benzene rings is 2. The molecule has 0 aromatic heterocycles. The fourth-order valence-electron chi connectivity index (χ4n) is 5.84. The van der Waals surface area contributed by atoms with Crippen molar-refractivity contribution in [2.75, 3.05) is 13.7 Å². The first-order chi connectivity index (χ1) is 16.9. The summed E-state index contributed by atoms with van der Waals surface area (Å²) in [7, 11) is 1.58. The van der Waals surface area contributed by atoms with Gasteiger partial charge in [0.05, 0.1) is 0 Å². The summed E-state index contributed by atoms with van der Waals surface area (Å²) in [5.74, 6) is -1.14. The third kappa shape index (κ3) is 4.40. The molecule has 0 saturated heterocycles. The number of amides is 2. The smallest absolute Gasteiger partial charge is 0.407 e. The van der Waals surface area contributed by atoms with E-state index in [-0.39, 0.29) is 36.8 Å². The van der Waals surface area contributed by atoms with E-state index in [4.69, 9.17) is 4.74 Å². The van der Waals surface area contributed by atoms with Crippen molar-refractivity contribution in [3.05, 3.63) is 59.7 Å². The molecule has 2 N–H and O–H groups in total. The second kappa shape index (κ2) is 9.36. The van der Waals surface area contributed by atoms with Crippen LogP contribution in [-0.2, 0) is 14.3 Å². The van der Waals surface area contributed by atoms with Crippen molar-refractivity contribution in [2.45, 2.75) is 62.4 Å². The largest absolute Gasteiger partial charge is 0.479 e. The summed E-state index contributed by atoms with van der Waals surface area (Å²) in [6, 6.07) is 16.3. The summed E-state index contributed by atoms with van der Waals surface area (Å²) < 4.78 is 5.72. The predicted molar refractivity (Wildman–Crippen MR) is 131 cm³/mol. The molecule has 7 heteroatoms. The van der Waals surface area contributed by atoms with E-state index in [9.17, 15) is 19.5 Å². The fourth-order valence-corrected chi connectivity index (χ4v) is 5.84. The number of nitrogens with zero attached hydrogens (tertiary/aromatic N) is 1. The monoisotopic (exact) mass is 476 g/mol. The van der Waals surface area contributed by atoms with Crippen molar-refractivity contribution < 1.29 is 24.2 Å². The molecule has 35 heavy (non-hydrogen) atoms. The van der Waals surface area contributed by atoms with Crippen molar-refractivity contribution in [1.29, 1.82) is 0 Å². The van der Waals surface area contributed by atoms with E-state index in [1.165, 1.54) is 16.0 Å². The maximum absolute atomic E-state index is 12.9. The average molecular weight is 477 g/mol. The zero-order valence-electron chi connectivity index (χ0n) is 20.0. The maximum atomic E-state index is 12.9. The Labute approximate surface area is 205 Å². The molecule has 0 heterocycles. The van der Waals surface area contributed by atoms with Gasteiger partial charge in [-0.1, -0.05) is 61.4 Å². The zero-order chi connectivity index (χ0) is 24.6. The number of likely N-dealkylation sites (N-methyl/N-ethyl adjacent to an activating group) is 1. The molecule has 3 aliphatic rings. The van der Waals surface area contributed by atoms with E-state index < -0.39 is 17.6 Å². The van der Waals surface area contributed by atoms with Crippen molar-refractivity contribution in [3.8, 4) is 11.1 Å². The van der Waals surface area contributed by atoms with Crippen molar-refractivity contribution in [2.24, 2.45) is 5.92 Å². The Hall–Kier alpha value is -3.35. The molecule has 2 amide bonds. The van der Waals surface area contributed by atoms with Crippen LogP contribution in [-0.4, -0.2) is 53.2 Å². The summed E-state index contributed by atoms with van der Waals surface area (Å²) in [5.41, 5.74) is 3.65. The van der Waals surface area contributed by atoms with Crippen LogP contribution in [0.2, 0.25) is 0 Å². The Morgan fingerprint density at radius 3 is 2.20 bits per heavy atom. The minimum Gasteiger partial charge on any atom is -0.479 e. The average Bonchev–Trinajstić information content (AvgIpc) is 3.62. The molecule has 0 bridgehead atoms. The number of rotatable bonds is 7. The lowest BCUT2D eigenvalue weighted by Gasteiger charge is -2.33. The highest BCUT2D eigenvalue weighted by atomic mass is 16.5. The van der Waals surface area contributed by atoms with Crippen LogP contribution in [0.1, 0.15) is 62.0 Å². The van der Waals surface area contributed by atoms with Gasteiger partial charge in [-0.15, -0.1) is 0 Å². The number of carbonyl (C=O) groups excluding carboxylic acids is 2. The van der Waals surface area contributed by atoms with Gasteiger partial charge in [0.1, 0.15) is 12.1 Å². The first-order valence-corrected chi connectivity index (χ1v) is 12.5. The minimum atomic E-state index is -1.04. The number of hydrogen-bond acceptors (Lipinski definition) is 4. The van der Waals surface area contributed by atoms with Crippen LogP contribution in [0, 0.1) is 5.92 Å². The van der Waals surface area contributed by atoms with Crippen LogP contribution >= 0.6 is 0 Å². The molecule has 0 radical (unpaired) electrons. The van der Waals surface area contributed by atoms with Gasteiger partial charge in [0.15, 0.2) is 0 Å². The second-order valence-corrected chi connectivity index (χ2v) is 10.1. The zero-order valence-corrected chi connectivity index (χ0v) is 20.0. The van der Waals surface area contributed by atoms with Crippen LogP contribution in [0.25, 0.3) is 11.1 Å². The summed E-state index contributed by atoms with van der Waals surface area (Å²) in [5, 5.41) is 12.5. The lowest BCUT2D eigenvalue weighted by atomic mass is 9.82. The maximum Gasteiger partial charge on any atom is 0.407 e. The standard InChI is InChI=1S/C28H32N2O5/c1-30(28(14-15-28)26(32)33)25(31)16-18-8-2-7-13-24(18)29-27(34)35-17-23-21-11-5-3-9-19(21)20-10-4-6-12-22(20)23/h3-6,9-12,18,23-24H,2,7-8,13-17H2,1H3,(H,29,34)(H,32,33)/t18-,24-/m0/s1. The number of aliphatic carboxylic acids is 1. The first-order valence-electron chi connectivity index (χ1n) is 12.5. The van der Waals surface area contributed by atoms with Crippen molar-refractivity contribution >= 4 is 18.0 Å². The number of ether oxygens (including phenoxy) is 1. The lowest BCUT2D eigenvalue weighted by molar-refractivity contribution is -0.151. The Kier molecular flexibility index (Phi) is 6.26. The number of fused-ring (bicyclic) bond motifs is 3. The van der Waals surface area contributed by atoms with Gasteiger partial charge < -0.3 is 20.1 Å². The summed E-state index contributed by atoms with van der Waals surface area (Å²) >= 11 is 0. The fraction of sp³-hybridized carbons (Fsp3) is 0.464. The van der Waals surface area contributed by atoms with Gasteiger partial charge in [-0.3, -0.25) is 4.79 Å². The highest BCUT2D eigenvalue weighted by molar-refractivity contribution is 5.89. The van der Waals surface area contributed by atoms with Gasteiger partial charge in [-0.05, 0) is 53.9 Å². The molecule has 184 valence electrons. The van der Waals surface area contributed by atoms with Crippen LogP contribution in [0.5, 0.6) is 0 Å². The quantitative estimate of drug-likeness (QED) is 0.611. The molecule has 0 spiro atoms. The summed E-state index contributed by atoms with van der Waals surface area (Å²) in [6.45, 7) is 0.250. The van der Waals surface area contributed by atoms with Crippen molar-refractivity contribution in [3.63, 3.8) is 0 Å². The third-order valence-corrected chi connectivity index (χ3v) is 8.13. The lowest BCUT2D eigenvalue weighted by Crippen LogP contribution is -2.48. The van der Waals surface area contributed by atoms with Crippen LogP contribution < -0.4 is 5.32 Å². The molecule has 7 nitrogen and oxygen atoms in total. The normalized spacial score (nSPS) is 22.0. The molecule has 3 aliphatic carbocycles. The van der Waals surface area contributed by atoms with Crippen molar-refractivity contribution in [1.82, 2.24) is 10.2 Å². The number of carbonyl (C=O) groups is 3. The Balaban J connectivity index is 1.20. The van der Waals surface area contributed by atoms with E-state index in [0.717, 1.165) is 36.8 Å². The predicted octanol–water partition coefficient (Wildman–Crippen LogP) is 4.55. The summed E-state index contributed by atoms with van der Waals surface area (Å²) in [6.07, 6.45) is 4.35. The van der Waals surface area contributed by atoms with Crippen LogP contribution in [0.3, 0.4) is 0 Å². The van der Waals surface area contributed by atoms with E-state index in [1.807, 2.05) is 24.3 Å². The van der Waals surface area contributed by atoms with E-state index >= 15 is 0 Å². The van der Waals surface area contributed by atoms with Gasteiger partial charge >= 0.3 is 12.1 Å². The number of hydrogen-bond donors (Lipinski definition) is 2. The molecular weight excluding hydrogens is 444 g/mol. The number of alkyl carbamates (subject to hydrolysis) is 1. The molecule has 2 atom stereocenters. The van der Waals surface area contributed by atoms with E-state index in [1.54, 1.807) is 7.05 Å². The highest BCUT2D eigenvalue weighted by Crippen LogP contribution is 2.45. The molecule has 2 aromatic carbocycles. The topological polar surface area (TPSA) is 95.9 Å².